The number of amides is 2. The van der Waals surface area contributed by atoms with Crippen molar-refractivity contribution in [2.45, 2.75) is 25.4 Å². The molecule has 5 nitrogen and oxygen atoms in total. The van der Waals surface area contributed by atoms with Crippen LogP contribution >= 0.6 is 0 Å². The maximum atomic E-state index is 12.8. The highest BCUT2D eigenvalue weighted by Gasteiger charge is 2.30. The van der Waals surface area contributed by atoms with Gasteiger partial charge in [0, 0.05) is 16.9 Å². The minimum absolute atomic E-state index is 0.0457. The highest BCUT2D eigenvalue weighted by Crippen LogP contribution is 2.30. The number of carbonyl (C=O) groups is 2. The van der Waals surface area contributed by atoms with E-state index < -0.39 is 17.6 Å². The van der Waals surface area contributed by atoms with E-state index in [1.54, 1.807) is 12.1 Å². The standard InChI is InChI=1S/C21H22F3N3O2/c22-21(23,24)16-7-5-9-18(13-16)26-20(29)15-6-4-8-17(12-15)25-19(28)14-27-10-2-1-3-11-27/h4-9,12-13H,1-3,10-11,14H2,(H,25,28)(H,26,29). The molecule has 2 aromatic rings. The monoisotopic (exact) mass is 405 g/mol. The van der Waals surface area contributed by atoms with Crippen molar-refractivity contribution in [3.05, 3.63) is 59.7 Å². The van der Waals surface area contributed by atoms with Crippen LogP contribution in [0.1, 0.15) is 35.2 Å². The van der Waals surface area contributed by atoms with Crippen molar-refractivity contribution >= 4 is 23.2 Å². The van der Waals surface area contributed by atoms with E-state index >= 15 is 0 Å². The molecule has 0 spiro atoms. The van der Waals surface area contributed by atoms with Gasteiger partial charge in [0.2, 0.25) is 5.91 Å². The molecule has 1 saturated heterocycles. The van der Waals surface area contributed by atoms with Gasteiger partial charge < -0.3 is 10.6 Å². The van der Waals surface area contributed by atoms with Crippen LogP contribution in [0.3, 0.4) is 0 Å². The van der Waals surface area contributed by atoms with E-state index in [-0.39, 0.29) is 17.2 Å². The second-order valence-electron chi connectivity index (χ2n) is 7.00. The van der Waals surface area contributed by atoms with Crippen LogP contribution in [0.4, 0.5) is 24.5 Å². The van der Waals surface area contributed by atoms with E-state index in [9.17, 15) is 22.8 Å². The van der Waals surface area contributed by atoms with Crippen molar-refractivity contribution in [2.24, 2.45) is 0 Å². The fraction of sp³-hybridized carbons (Fsp3) is 0.333. The van der Waals surface area contributed by atoms with Crippen LogP contribution in [0, 0.1) is 0 Å². The number of nitrogens with zero attached hydrogens (tertiary/aromatic N) is 1. The van der Waals surface area contributed by atoms with Crippen LogP contribution in [-0.4, -0.2) is 36.3 Å². The van der Waals surface area contributed by atoms with Gasteiger partial charge in [0.05, 0.1) is 12.1 Å². The van der Waals surface area contributed by atoms with Crippen LogP contribution in [0.15, 0.2) is 48.5 Å². The van der Waals surface area contributed by atoms with E-state index in [2.05, 4.69) is 15.5 Å². The highest BCUT2D eigenvalue weighted by molar-refractivity contribution is 6.05. The number of anilines is 2. The highest BCUT2D eigenvalue weighted by atomic mass is 19.4. The molecule has 0 atom stereocenters. The number of rotatable bonds is 5. The number of benzene rings is 2. The lowest BCUT2D eigenvalue weighted by molar-refractivity contribution is -0.137. The van der Waals surface area contributed by atoms with Crippen molar-refractivity contribution in [1.29, 1.82) is 0 Å². The summed E-state index contributed by atoms with van der Waals surface area (Å²) in [6, 6.07) is 10.7. The molecule has 0 saturated carbocycles. The molecular weight excluding hydrogens is 383 g/mol. The molecule has 8 heteroatoms. The van der Waals surface area contributed by atoms with Crippen LogP contribution in [0.25, 0.3) is 0 Å². The Balaban J connectivity index is 1.62. The first kappa shape index (κ1) is 20.9. The third-order valence-electron chi connectivity index (χ3n) is 4.67. The Morgan fingerprint density at radius 2 is 1.55 bits per heavy atom. The van der Waals surface area contributed by atoms with Gasteiger partial charge in [0.15, 0.2) is 0 Å². The third kappa shape index (κ3) is 6.05. The molecule has 1 fully saturated rings. The largest absolute Gasteiger partial charge is 0.416 e. The fourth-order valence-electron chi connectivity index (χ4n) is 3.24. The predicted octanol–water partition coefficient (Wildman–Crippen LogP) is 4.38. The number of likely N-dealkylation sites (tertiary alicyclic amines) is 1. The zero-order valence-corrected chi connectivity index (χ0v) is 15.8. The van der Waals surface area contributed by atoms with Gasteiger partial charge in [-0.15, -0.1) is 0 Å². The lowest BCUT2D eigenvalue weighted by Crippen LogP contribution is -2.36. The third-order valence-corrected chi connectivity index (χ3v) is 4.67. The first-order valence-corrected chi connectivity index (χ1v) is 9.42. The van der Waals surface area contributed by atoms with Crippen LogP contribution in [-0.2, 0) is 11.0 Å². The van der Waals surface area contributed by atoms with E-state index in [1.165, 1.54) is 30.7 Å². The molecule has 0 radical (unpaired) electrons. The molecule has 1 aliphatic heterocycles. The quantitative estimate of drug-likeness (QED) is 0.776. The zero-order valence-electron chi connectivity index (χ0n) is 15.8. The summed E-state index contributed by atoms with van der Waals surface area (Å²) in [7, 11) is 0. The molecule has 2 amide bonds. The minimum atomic E-state index is -4.49. The SMILES string of the molecule is O=C(CN1CCCCC1)Nc1cccc(C(=O)Nc2cccc(C(F)(F)F)c2)c1. The van der Waals surface area contributed by atoms with E-state index in [4.69, 9.17) is 0 Å². The van der Waals surface area contributed by atoms with E-state index in [0.717, 1.165) is 38.1 Å². The fourth-order valence-corrected chi connectivity index (χ4v) is 3.24. The molecule has 1 heterocycles. The summed E-state index contributed by atoms with van der Waals surface area (Å²) < 4.78 is 38.4. The lowest BCUT2D eigenvalue weighted by atomic mass is 10.1. The number of halogens is 3. The predicted molar refractivity (Wildman–Crippen MR) is 105 cm³/mol. The maximum absolute atomic E-state index is 12.8. The van der Waals surface area contributed by atoms with Gasteiger partial charge in [0.25, 0.3) is 5.91 Å². The van der Waals surface area contributed by atoms with Crippen LogP contribution in [0.2, 0.25) is 0 Å². The summed E-state index contributed by atoms with van der Waals surface area (Å²) in [6.07, 6.45) is -1.14. The van der Waals surface area contributed by atoms with Crippen molar-refractivity contribution in [1.82, 2.24) is 4.90 Å². The summed E-state index contributed by atoms with van der Waals surface area (Å²) in [5, 5.41) is 5.23. The second kappa shape index (κ2) is 9.09. The summed E-state index contributed by atoms with van der Waals surface area (Å²) in [5.74, 6) is -0.723. The van der Waals surface area contributed by atoms with Crippen molar-refractivity contribution in [3.8, 4) is 0 Å². The van der Waals surface area contributed by atoms with Gasteiger partial charge in [-0.3, -0.25) is 14.5 Å². The molecule has 29 heavy (non-hydrogen) atoms. The second-order valence-corrected chi connectivity index (χ2v) is 7.00. The molecule has 0 unspecified atom stereocenters. The average Bonchev–Trinajstić information content (AvgIpc) is 2.68. The first-order chi connectivity index (χ1) is 13.8. The lowest BCUT2D eigenvalue weighted by Gasteiger charge is -2.25. The Morgan fingerprint density at radius 3 is 2.24 bits per heavy atom. The molecule has 154 valence electrons. The number of nitrogens with one attached hydrogen (secondary N) is 2. The summed E-state index contributed by atoms with van der Waals surface area (Å²) in [4.78, 5) is 26.7. The van der Waals surface area contributed by atoms with Crippen molar-refractivity contribution in [2.75, 3.05) is 30.3 Å². The van der Waals surface area contributed by atoms with Gasteiger partial charge in [-0.1, -0.05) is 18.6 Å². The molecule has 2 N–H and O–H groups in total. The average molecular weight is 405 g/mol. The van der Waals surface area contributed by atoms with Gasteiger partial charge in [-0.2, -0.15) is 13.2 Å². The minimum Gasteiger partial charge on any atom is -0.325 e. The molecule has 0 bridgehead atoms. The van der Waals surface area contributed by atoms with Gasteiger partial charge >= 0.3 is 6.18 Å². The van der Waals surface area contributed by atoms with Crippen LogP contribution in [0.5, 0.6) is 0 Å². The molecule has 1 aliphatic rings. The molecule has 2 aromatic carbocycles. The van der Waals surface area contributed by atoms with Crippen molar-refractivity contribution in [3.63, 3.8) is 0 Å². The Bertz CT molecular complexity index is 877. The number of piperidine rings is 1. The number of carbonyl (C=O) groups excluding carboxylic acids is 2. The topological polar surface area (TPSA) is 61.4 Å². The normalized spacial score (nSPS) is 15.0. The molecular formula is C21H22F3N3O2. The molecule has 0 aliphatic carbocycles. The number of alkyl halides is 3. The molecule has 3 rings (SSSR count). The van der Waals surface area contributed by atoms with E-state index in [0.29, 0.717) is 12.2 Å². The summed E-state index contributed by atoms with van der Waals surface area (Å²) in [5.41, 5.74) is -0.0970. The Kier molecular flexibility index (Phi) is 6.53. The summed E-state index contributed by atoms with van der Waals surface area (Å²) >= 11 is 0. The van der Waals surface area contributed by atoms with E-state index in [1.807, 2.05) is 0 Å². The number of hydrogen-bond acceptors (Lipinski definition) is 3. The van der Waals surface area contributed by atoms with Gasteiger partial charge in [-0.25, -0.2) is 0 Å². The summed E-state index contributed by atoms with van der Waals surface area (Å²) in [6.45, 7) is 2.08. The van der Waals surface area contributed by atoms with Crippen molar-refractivity contribution < 1.29 is 22.8 Å². The Morgan fingerprint density at radius 1 is 0.897 bits per heavy atom. The smallest absolute Gasteiger partial charge is 0.325 e. The first-order valence-electron chi connectivity index (χ1n) is 9.42. The van der Waals surface area contributed by atoms with Crippen LogP contribution < -0.4 is 10.6 Å². The zero-order chi connectivity index (χ0) is 20.9. The number of hydrogen-bond donors (Lipinski definition) is 2. The molecule has 0 aromatic heterocycles. The Hall–Kier alpha value is -2.87. The maximum Gasteiger partial charge on any atom is 0.416 e. The Labute approximate surface area is 166 Å². The van der Waals surface area contributed by atoms with Gasteiger partial charge in [0.1, 0.15) is 0 Å². The van der Waals surface area contributed by atoms with Gasteiger partial charge in [-0.05, 0) is 62.3 Å².